The fourth-order valence-corrected chi connectivity index (χ4v) is 5.45. The van der Waals surface area contributed by atoms with Crippen LogP contribution in [0, 0.1) is 23.7 Å². The third-order valence-corrected chi connectivity index (χ3v) is 6.62. The summed E-state index contributed by atoms with van der Waals surface area (Å²) in [6.45, 7) is 8.11. The van der Waals surface area contributed by atoms with E-state index in [0.29, 0.717) is 5.60 Å². The van der Waals surface area contributed by atoms with Gasteiger partial charge in [-0.1, -0.05) is 33.1 Å². The Morgan fingerprint density at radius 3 is 2.71 bits per heavy atom. The Morgan fingerprint density at radius 2 is 1.95 bits per heavy atom. The molecule has 122 valence electrons. The van der Waals surface area contributed by atoms with Gasteiger partial charge in [0.05, 0.1) is 5.60 Å². The molecule has 1 spiro atoms. The number of nitrogens with one attached hydrogen (secondary N) is 1. The number of hydrogen-bond acceptors (Lipinski definition) is 2. The van der Waals surface area contributed by atoms with Crippen LogP contribution in [0.1, 0.15) is 71.6 Å². The van der Waals surface area contributed by atoms with Gasteiger partial charge in [0.1, 0.15) is 0 Å². The van der Waals surface area contributed by atoms with E-state index < -0.39 is 0 Å². The van der Waals surface area contributed by atoms with E-state index in [2.05, 4.69) is 19.2 Å². The van der Waals surface area contributed by atoms with Gasteiger partial charge < -0.3 is 10.1 Å². The van der Waals surface area contributed by atoms with Gasteiger partial charge in [-0.15, -0.1) is 0 Å². The molecule has 3 aliphatic rings. The van der Waals surface area contributed by atoms with Gasteiger partial charge in [-0.05, 0) is 75.3 Å². The van der Waals surface area contributed by atoms with Crippen LogP contribution >= 0.6 is 0 Å². The lowest BCUT2D eigenvalue weighted by atomic mass is 9.65. The predicted molar refractivity (Wildman–Crippen MR) is 88.4 cm³/mol. The summed E-state index contributed by atoms with van der Waals surface area (Å²) >= 11 is 0. The maximum absolute atomic E-state index is 6.28. The lowest BCUT2D eigenvalue weighted by Gasteiger charge is -2.46. The third-order valence-electron chi connectivity index (χ3n) is 6.62. The van der Waals surface area contributed by atoms with E-state index in [1.54, 1.807) is 0 Å². The predicted octanol–water partition coefficient (Wildman–Crippen LogP) is 4.39. The SMILES string of the molecule is CCNCC1CCC(C)CC1C1CCOC2(CCCC2)C1. The second kappa shape index (κ2) is 7.00. The van der Waals surface area contributed by atoms with Gasteiger partial charge in [-0.25, -0.2) is 0 Å². The van der Waals surface area contributed by atoms with Gasteiger partial charge in [0.15, 0.2) is 0 Å². The van der Waals surface area contributed by atoms with Crippen LogP contribution in [-0.2, 0) is 4.74 Å². The molecular weight excluding hydrogens is 258 g/mol. The van der Waals surface area contributed by atoms with Crippen molar-refractivity contribution in [3.63, 3.8) is 0 Å². The quantitative estimate of drug-likeness (QED) is 0.830. The van der Waals surface area contributed by atoms with Crippen molar-refractivity contribution in [3.8, 4) is 0 Å². The molecule has 3 rings (SSSR count). The molecule has 0 aromatic carbocycles. The van der Waals surface area contributed by atoms with Gasteiger partial charge in [-0.2, -0.15) is 0 Å². The summed E-state index contributed by atoms with van der Waals surface area (Å²) in [5.41, 5.74) is 0.298. The van der Waals surface area contributed by atoms with Crippen LogP contribution in [0.25, 0.3) is 0 Å². The first kappa shape index (κ1) is 15.8. The highest BCUT2D eigenvalue weighted by Crippen LogP contribution is 2.48. The van der Waals surface area contributed by atoms with Crippen molar-refractivity contribution in [3.05, 3.63) is 0 Å². The maximum Gasteiger partial charge on any atom is 0.0685 e. The van der Waals surface area contributed by atoms with Crippen molar-refractivity contribution in [1.82, 2.24) is 5.32 Å². The topological polar surface area (TPSA) is 21.3 Å². The second-order valence-corrected chi connectivity index (χ2v) is 8.14. The van der Waals surface area contributed by atoms with E-state index in [9.17, 15) is 0 Å². The summed E-state index contributed by atoms with van der Waals surface area (Å²) < 4.78 is 6.28. The van der Waals surface area contributed by atoms with E-state index in [0.717, 1.165) is 36.8 Å². The first-order valence-corrected chi connectivity index (χ1v) is 9.57. The zero-order chi connectivity index (χ0) is 14.7. The Kier molecular flexibility index (Phi) is 5.27. The Hall–Kier alpha value is -0.0800. The van der Waals surface area contributed by atoms with Gasteiger partial charge >= 0.3 is 0 Å². The molecule has 0 radical (unpaired) electrons. The molecule has 21 heavy (non-hydrogen) atoms. The Labute approximate surface area is 131 Å². The van der Waals surface area contributed by atoms with Crippen LogP contribution in [-0.4, -0.2) is 25.3 Å². The summed E-state index contributed by atoms with van der Waals surface area (Å²) in [7, 11) is 0. The summed E-state index contributed by atoms with van der Waals surface area (Å²) in [5, 5.41) is 3.63. The van der Waals surface area contributed by atoms with Crippen LogP contribution < -0.4 is 5.32 Å². The Balaban J connectivity index is 1.66. The fourth-order valence-electron chi connectivity index (χ4n) is 5.45. The highest BCUT2D eigenvalue weighted by molar-refractivity contribution is 4.95. The minimum atomic E-state index is 0.298. The maximum atomic E-state index is 6.28. The molecule has 2 heteroatoms. The summed E-state index contributed by atoms with van der Waals surface area (Å²) in [4.78, 5) is 0. The molecule has 3 fully saturated rings. The number of hydrogen-bond donors (Lipinski definition) is 1. The Bertz CT molecular complexity index is 322. The van der Waals surface area contributed by atoms with E-state index in [-0.39, 0.29) is 0 Å². The smallest absolute Gasteiger partial charge is 0.0685 e. The largest absolute Gasteiger partial charge is 0.375 e. The second-order valence-electron chi connectivity index (χ2n) is 8.14. The monoisotopic (exact) mass is 293 g/mol. The van der Waals surface area contributed by atoms with Crippen LogP contribution in [0.4, 0.5) is 0 Å². The molecule has 1 saturated heterocycles. The molecule has 0 aromatic heterocycles. The van der Waals surface area contributed by atoms with Gasteiger partial charge in [0.25, 0.3) is 0 Å². The van der Waals surface area contributed by atoms with Crippen molar-refractivity contribution in [2.24, 2.45) is 23.7 Å². The highest BCUT2D eigenvalue weighted by Gasteiger charge is 2.44. The first-order chi connectivity index (χ1) is 10.2. The molecule has 1 heterocycles. The van der Waals surface area contributed by atoms with E-state index in [4.69, 9.17) is 4.74 Å². The minimum absolute atomic E-state index is 0.298. The molecule has 1 N–H and O–H groups in total. The molecule has 2 aliphatic carbocycles. The fraction of sp³-hybridized carbons (Fsp3) is 1.00. The van der Waals surface area contributed by atoms with Crippen LogP contribution in [0.15, 0.2) is 0 Å². The van der Waals surface area contributed by atoms with Crippen molar-refractivity contribution >= 4 is 0 Å². The van der Waals surface area contributed by atoms with Crippen LogP contribution in [0.2, 0.25) is 0 Å². The lowest BCUT2D eigenvalue weighted by Crippen LogP contribution is -2.44. The van der Waals surface area contributed by atoms with Crippen molar-refractivity contribution in [1.29, 1.82) is 0 Å². The zero-order valence-electron chi connectivity index (χ0n) is 14.2. The minimum Gasteiger partial charge on any atom is -0.375 e. The molecule has 1 aliphatic heterocycles. The third kappa shape index (κ3) is 3.64. The highest BCUT2D eigenvalue weighted by atomic mass is 16.5. The van der Waals surface area contributed by atoms with Crippen molar-refractivity contribution in [2.75, 3.05) is 19.7 Å². The summed E-state index contributed by atoms with van der Waals surface area (Å²) in [6, 6.07) is 0. The van der Waals surface area contributed by atoms with E-state index in [1.807, 2.05) is 0 Å². The van der Waals surface area contributed by atoms with Crippen LogP contribution in [0.3, 0.4) is 0 Å². The van der Waals surface area contributed by atoms with Gasteiger partial charge in [0, 0.05) is 6.61 Å². The van der Waals surface area contributed by atoms with Gasteiger partial charge in [-0.3, -0.25) is 0 Å². The molecular formula is C19H35NO. The molecule has 0 amide bonds. The number of ether oxygens (including phenoxy) is 1. The van der Waals surface area contributed by atoms with Crippen molar-refractivity contribution < 1.29 is 4.74 Å². The van der Waals surface area contributed by atoms with Gasteiger partial charge in [0.2, 0.25) is 0 Å². The molecule has 2 nitrogen and oxygen atoms in total. The molecule has 0 aromatic rings. The molecule has 4 atom stereocenters. The molecule has 0 bridgehead atoms. The first-order valence-electron chi connectivity index (χ1n) is 9.57. The molecule has 4 unspecified atom stereocenters. The zero-order valence-corrected chi connectivity index (χ0v) is 14.2. The van der Waals surface area contributed by atoms with Crippen molar-refractivity contribution in [2.45, 2.75) is 77.2 Å². The summed E-state index contributed by atoms with van der Waals surface area (Å²) in [5.74, 6) is 3.75. The average Bonchev–Trinajstić information content (AvgIpc) is 2.94. The summed E-state index contributed by atoms with van der Waals surface area (Å²) in [6.07, 6.45) is 12.5. The van der Waals surface area contributed by atoms with E-state index in [1.165, 1.54) is 64.3 Å². The van der Waals surface area contributed by atoms with Crippen LogP contribution in [0.5, 0.6) is 0 Å². The van der Waals surface area contributed by atoms with E-state index >= 15 is 0 Å². The number of rotatable bonds is 4. The standard InChI is InChI=1S/C19H35NO/c1-3-20-14-17-7-6-15(2)12-18(17)16-8-11-21-19(13-16)9-4-5-10-19/h15-18,20H,3-14H2,1-2H3. The lowest BCUT2D eigenvalue weighted by molar-refractivity contribution is -0.110. The normalized spacial score (nSPS) is 39.7. The Morgan fingerprint density at radius 1 is 1.14 bits per heavy atom. The molecule has 2 saturated carbocycles. The average molecular weight is 293 g/mol.